The third-order valence-electron chi connectivity index (χ3n) is 5.20. The summed E-state index contributed by atoms with van der Waals surface area (Å²) in [7, 11) is 0. The second kappa shape index (κ2) is 12.7. The Morgan fingerprint density at radius 1 is 0.778 bits per heavy atom. The van der Waals surface area contributed by atoms with Crippen molar-refractivity contribution in [1.82, 2.24) is 0 Å². The highest BCUT2D eigenvalue weighted by atomic mass is 16.8. The van der Waals surface area contributed by atoms with E-state index in [4.69, 9.17) is 4.74 Å². The summed E-state index contributed by atoms with van der Waals surface area (Å²) in [4.78, 5) is 0. The van der Waals surface area contributed by atoms with Crippen molar-refractivity contribution < 1.29 is 14.9 Å². The lowest BCUT2D eigenvalue weighted by Crippen LogP contribution is -2.41. The molecule has 2 atom stereocenters. The molecule has 27 heavy (non-hydrogen) atoms. The van der Waals surface area contributed by atoms with Crippen LogP contribution in [0.4, 0.5) is 0 Å². The van der Waals surface area contributed by atoms with Crippen LogP contribution in [0, 0.1) is 11.8 Å². The molecular formula is C24H46O3. The second-order valence-electron chi connectivity index (χ2n) is 9.49. The van der Waals surface area contributed by atoms with Gasteiger partial charge in [0.15, 0.2) is 0 Å². The molecule has 160 valence electrons. The Kier molecular flexibility index (Phi) is 12.4. The Morgan fingerprint density at radius 3 is 1.44 bits per heavy atom. The number of hydrogen-bond acceptors (Lipinski definition) is 3. The van der Waals surface area contributed by atoms with E-state index in [1.165, 1.54) is 18.1 Å². The normalized spacial score (nSPS) is 16.4. The number of allylic oxidation sites excluding steroid dienone is 4. The predicted molar refractivity (Wildman–Crippen MR) is 116 cm³/mol. The van der Waals surface area contributed by atoms with E-state index >= 15 is 0 Å². The van der Waals surface area contributed by atoms with Gasteiger partial charge in [0.1, 0.15) is 0 Å². The Bertz CT molecular complexity index is 417. The molecule has 0 saturated carbocycles. The van der Waals surface area contributed by atoms with Crippen LogP contribution in [-0.2, 0) is 4.74 Å². The zero-order valence-corrected chi connectivity index (χ0v) is 19.3. The molecule has 0 saturated heterocycles. The minimum atomic E-state index is -2.08. The zero-order valence-electron chi connectivity index (χ0n) is 19.3. The van der Waals surface area contributed by atoms with Crippen LogP contribution < -0.4 is 0 Å². The van der Waals surface area contributed by atoms with Crippen LogP contribution in [0.1, 0.15) is 107 Å². The average molecular weight is 383 g/mol. The summed E-state index contributed by atoms with van der Waals surface area (Å²) in [6, 6.07) is 0. The summed E-state index contributed by atoms with van der Waals surface area (Å²) in [6.45, 7) is 16.4. The highest BCUT2D eigenvalue weighted by molar-refractivity contribution is 4.93. The van der Waals surface area contributed by atoms with Gasteiger partial charge in [-0.15, -0.1) is 0 Å². The van der Waals surface area contributed by atoms with Crippen LogP contribution in [-0.4, -0.2) is 21.8 Å². The molecule has 0 aliphatic heterocycles. The van der Waals surface area contributed by atoms with Crippen molar-refractivity contribution in [1.29, 1.82) is 0 Å². The molecule has 2 N–H and O–H groups in total. The van der Waals surface area contributed by atoms with Crippen molar-refractivity contribution in [2.24, 2.45) is 11.8 Å². The summed E-state index contributed by atoms with van der Waals surface area (Å²) < 4.78 is 5.70. The maximum absolute atomic E-state index is 9.81. The van der Waals surface area contributed by atoms with Crippen LogP contribution >= 0.6 is 0 Å². The molecule has 0 fully saturated rings. The summed E-state index contributed by atoms with van der Waals surface area (Å²) >= 11 is 0. The lowest BCUT2D eigenvalue weighted by atomic mass is 9.85. The highest BCUT2D eigenvalue weighted by Gasteiger charge is 2.33. The van der Waals surface area contributed by atoms with Gasteiger partial charge in [-0.2, -0.15) is 0 Å². The molecule has 0 heterocycles. The van der Waals surface area contributed by atoms with Gasteiger partial charge in [0.05, 0.1) is 5.60 Å². The molecule has 0 radical (unpaired) electrons. The zero-order chi connectivity index (χ0) is 21.1. The van der Waals surface area contributed by atoms with Crippen LogP contribution in [0.5, 0.6) is 0 Å². The molecule has 0 amide bonds. The van der Waals surface area contributed by atoms with E-state index in [-0.39, 0.29) is 0 Å². The lowest BCUT2D eigenvalue weighted by molar-refractivity contribution is -0.365. The maximum atomic E-state index is 9.81. The topological polar surface area (TPSA) is 49.7 Å². The van der Waals surface area contributed by atoms with Crippen LogP contribution in [0.2, 0.25) is 0 Å². The number of aliphatic hydroxyl groups is 2. The van der Waals surface area contributed by atoms with Crippen molar-refractivity contribution in [3.05, 3.63) is 23.3 Å². The SMILES string of the molecule is CC(C)=CCCC(C)CCC(C)(CCC(C)CCC=C(C)C)OC(C)(O)O. The second-order valence-corrected chi connectivity index (χ2v) is 9.49. The molecule has 0 aliphatic carbocycles. The molecular weight excluding hydrogens is 336 g/mol. The van der Waals surface area contributed by atoms with Crippen LogP contribution in [0.15, 0.2) is 23.3 Å². The van der Waals surface area contributed by atoms with Gasteiger partial charge in [0.2, 0.25) is 0 Å². The van der Waals surface area contributed by atoms with Crippen molar-refractivity contribution in [3.8, 4) is 0 Å². The third-order valence-corrected chi connectivity index (χ3v) is 5.20. The van der Waals surface area contributed by atoms with E-state index in [2.05, 4.69) is 53.7 Å². The quantitative estimate of drug-likeness (QED) is 0.258. The Labute approximate surface area is 168 Å². The third kappa shape index (κ3) is 16.1. The summed E-state index contributed by atoms with van der Waals surface area (Å²) in [5.74, 6) is -0.879. The Balaban J connectivity index is 4.62. The van der Waals surface area contributed by atoms with Crippen molar-refractivity contribution in [3.63, 3.8) is 0 Å². The highest BCUT2D eigenvalue weighted by Crippen LogP contribution is 2.32. The monoisotopic (exact) mass is 382 g/mol. The van der Waals surface area contributed by atoms with Gasteiger partial charge in [-0.1, -0.05) is 37.1 Å². The molecule has 0 aromatic rings. The standard InChI is InChI=1S/C24H46O3/c1-19(2)11-9-13-21(5)15-17-23(7,27-24(8,25)26)18-16-22(6)14-10-12-20(3)4/h11-12,21-22,25-26H,9-10,13-18H2,1-8H3. The largest absolute Gasteiger partial charge is 0.344 e. The number of rotatable bonds is 14. The first-order valence-corrected chi connectivity index (χ1v) is 10.7. The first kappa shape index (κ1) is 26.4. The van der Waals surface area contributed by atoms with Gasteiger partial charge in [-0.05, 0) is 97.8 Å². The molecule has 0 aliphatic rings. The van der Waals surface area contributed by atoms with E-state index in [1.807, 2.05) is 6.92 Å². The molecule has 0 aromatic carbocycles. The fourth-order valence-electron chi connectivity index (χ4n) is 3.40. The van der Waals surface area contributed by atoms with Gasteiger partial charge in [-0.25, -0.2) is 0 Å². The minimum Gasteiger partial charge on any atom is -0.344 e. The van der Waals surface area contributed by atoms with Gasteiger partial charge in [0.25, 0.3) is 5.97 Å². The van der Waals surface area contributed by atoms with Crippen LogP contribution in [0.25, 0.3) is 0 Å². The smallest absolute Gasteiger partial charge is 0.275 e. The van der Waals surface area contributed by atoms with E-state index in [1.54, 1.807) is 0 Å². The molecule has 3 heteroatoms. The van der Waals surface area contributed by atoms with Crippen molar-refractivity contribution >= 4 is 0 Å². The molecule has 0 rings (SSSR count). The van der Waals surface area contributed by atoms with E-state index < -0.39 is 11.6 Å². The minimum absolute atomic E-state index is 0.506. The predicted octanol–water partition coefficient (Wildman–Crippen LogP) is 6.75. The van der Waals surface area contributed by atoms with Gasteiger partial charge >= 0.3 is 0 Å². The Morgan fingerprint density at radius 2 is 1.15 bits per heavy atom. The summed E-state index contributed by atoms with van der Waals surface area (Å²) in [6.07, 6.45) is 12.9. The first-order chi connectivity index (χ1) is 12.3. The van der Waals surface area contributed by atoms with Gasteiger partial charge < -0.3 is 14.9 Å². The molecule has 0 bridgehead atoms. The van der Waals surface area contributed by atoms with Crippen molar-refractivity contribution in [2.75, 3.05) is 0 Å². The van der Waals surface area contributed by atoms with Gasteiger partial charge in [0, 0.05) is 6.92 Å². The average Bonchev–Trinajstić information content (AvgIpc) is 2.49. The summed E-state index contributed by atoms with van der Waals surface area (Å²) in [5, 5.41) is 19.6. The maximum Gasteiger partial charge on any atom is 0.275 e. The van der Waals surface area contributed by atoms with Crippen molar-refractivity contribution in [2.45, 2.75) is 118 Å². The van der Waals surface area contributed by atoms with Crippen LogP contribution in [0.3, 0.4) is 0 Å². The first-order valence-electron chi connectivity index (χ1n) is 10.7. The van der Waals surface area contributed by atoms with Gasteiger partial charge in [-0.3, -0.25) is 0 Å². The molecule has 2 unspecified atom stereocenters. The Hall–Kier alpha value is -0.640. The summed E-state index contributed by atoms with van der Waals surface area (Å²) in [5.41, 5.74) is 2.23. The fourth-order valence-corrected chi connectivity index (χ4v) is 3.40. The lowest BCUT2D eigenvalue weighted by Gasteiger charge is -2.36. The fraction of sp³-hybridized carbons (Fsp3) is 0.833. The van der Waals surface area contributed by atoms with E-state index in [0.29, 0.717) is 11.8 Å². The number of hydrogen-bond donors (Lipinski definition) is 2. The molecule has 3 nitrogen and oxygen atoms in total. The van der Waals surface area contributed by atoms with E-state index in [0.717, 1.165) is 51.4 Å². The molecule has 0 aromatic heterocycles. The molecule has 0 spiro atoms. The number of ether oxygens (including phenoxy) is 1. The van der Waals surface area contributed by atoms with E-state index in [9.17, 15) is 10.2 Å².